The first-order chi connectivity index (χ1) is 12.6. The minimum atomic E-state index is -0.789. The molecule has 6 nitrogen and oxygen atoms in total. The molecule has 0 fully saturated rings. The van der Waals surface area contributed by atoms with Crippen LogP contribution in [0, 0.1) is 5.82 Å². The van der Waals surface area contributed by atoms with Crippen LogP contribution in [0.2, 0.25) is 0 Å². The number of hydrogen-bond donors (Lipinski definition) is 3. The van der Waals surface area contributed by atoms with E-state index in [2.05, 4.69) is 20.9 Å². The van der Waals surface area contributed by atoms with Crippen LogP contribution in [-0.4, -0.2) is 30.4 Å². The lowest BCUT2D eigenvalue weighted by Gasteiger charge is -2.21. The van der Waals surface area contributed by atoms with Gasteiger partial charge >= 0.3 is 0 Å². The second-order valence-electron chi connectivity index (χ2n) is 5.90. The lowest BCUT2D eigenvalue weighted by molar-refractivity contribution is -0.127. The van der Waals surface area contributed by atoms with E-state index in [-0.39, 0.29) is 30.0 Å². The van der Waals surface area contributed by atoms with Crippen LogP contribution < -0.4 is 16.0 Å². The van der Waals surface area contributed by atoms with Crippen molar-refractivity contribution in [2.45, 2.75) is 18.9 Å². The highest BCUT2D eigenvalue weighted by Crippen LogP contribution is 2.11. The summed E-state index contributed by atoms with van der Waals surface area (Å²) in [7, 11) is 0. The number of anilines is 1. The first-order valence-corrected chi connectivity index (χ1v) is 8.32. The largest absolute Gasteiger partial charge is 0.354 e. The van der Waals surface area contributed by atoms with Gasteiger partial charge in [0, 0.05) is 12.2 Å². The van der Waals surface area contributed by atoms with Gasteiger partial charge in [0.05, 0.1) is 6.42 Å². The Hall–Kier alpha value is -3.22. The van der Waals surface area contributed by atoms with E-state index in [9.17, 15) is 14.0 Å². The van der Waals surface area contributed by atoms with Crippen molar-refractivity contribution < 1.29 is 14.0 Å². The van der Waals surface area contributed by atoms with Gasteiger partial charge in [0.1, 0.15) is 11.9 Å². The quantitative estimate of drug-likeness (QED) is 0.766. The van der Waals surface area contributed by atoms with E-state index in [0.717, 1.165) is 5.56 Å². The van der Waals surface area contributed by atoms with E-state index in [0.29, 0.717) is 18.7 Å². The second-order valence-corrected chi connectivity index (χ2v) is 5.90. The predicted octanol–water partition coefficient (Wildman–Crippen LogP) is 1.84. The van der Waals surface area contributed by atoms with Gasteiger partial charge in [-0.15, -0.1) is 0 Å². The Bertz CT molecular complexity index is 806. The van der Waals surface area contributed by atoms with Crippen molar-refractivity contribution in [2.24, 2.45) is 4.99 Å². The number of halogens is 1. The van der Waals surface area contributed by atoms with Crippen LogP contribution >= 0.6 is 0 Å². The lowest BCUT2D eigenvalue weighted by Crippen LogP contribution is -2.47. The summed E-state index contributed by atoms with van der Waals surface area (Å²) in [6.45, 7) is 0.469. The van der Waals surface area contributed by atoms with Crippen LogP contribution in [0.15, 0.2) is 59.6 Å². The van der Waals surface area contributed by atoms with E-state index in [1.54, 1.807) is 0 Å². The molecule has 1 atom stereocenters. The number of hydrogen-bond acceptors (Lipinski definition) is 4. The fraction of sp³-hybridized carbons (Fsp3) is 0.211. The number of amides is 2. The molecule has 1 aliphatic heterocycles. The van der Waals surface area contributed by atoms with Gasteiger partial charge in [-0.25, -0.2) is 9.38 Å². The van der Waals surface area contributed by atoms with Crippen molar-refractivity contribution in [3.05, 3.63) is 66.0 Å². The highest BCUT2D eigenvalue weighted by atomic mass is 19.1. The molecule has 26 heavy (non-hydrogen) atoms. The van der Waals surface area contributed by atoms with Crippen molar-refractivity contribution in [2.75, 3.05) is 11.9 Å². The summed E-state index contributed by atoms with van der Waals surface area (Å²) in [6.07, 6.45) is 0.696. The molecule has 0 aromatic heterocycles. The third-order valence-electron chi connectivity index (χ3n) is 3.89. The molecule has 134 valence electrons. The molecule has 0 radical (unpaired) electrons. The van der Waals surface area contributed by atoms with Crippen LogP contribution in [0.25, 0.3) is 0 Å². The lowest BCUT2D eigenvalue weighted by atomic mass is 10.1. The van der Waals surface area contributed by atoms with E-state index in [1.807, 2.05) is 30.3 Å². The first-order valence-electron chi connectivity index (χ1n) is 8.32. The van der Waals surface area contributed by atoms with Gasteiger partial charge in [0.15, 0.2) is 0 Å². The molecule has 0 saturated carbocycles. The van der Waals surface area contributed by atoms with Gasteiger partial charge in [-0.2, -0.15) is 0 Å². The molecule has 2 aromatic carbocycles. The second kappa shape index (κ2) is 8.24. The van der Waals surface area contributed by atoms with Gasteiger partial charge in [-0.3, -0.25) is 14.9 Å². The number of nitrogens with one attached hydrogen (secondary N) is 3. The Kier molecular flexibility index (Phi) is 5.58. The zero-order valence-electron chi connectivity index (χ0n) is 14.0. The Morgan fingerprint density at radius 3 is 2.62 bits per heavy atom. The molecule has 0 spiro atoms. The first kappa shape index (κ1) is 17.6. The molecular weight excluding hydrogens is 335 g/mol. The number of nitrogens with zero attached hydrogens (tertiary/aromatic N) is 1. The SMILES string of the molecule is O=C1C[C@H](C(=O)NCCc2ccccc2)N=C(Nc2ccc(F)cc2)N1. The van der Waals surface area contributed by atoms with Gasteiger partial charge < -0.3 is 10.6 Å². The van der Waals surface area contributed by atoms with Crippen LogP contribution in [0.3, 0.4) is 0 Å². The van der Waals surface area contributed by atoms with Crippen LogP contribution in [0.1, 0.15) is 12.0 Å². The Morgan fingerprint density at radius 2 is 1.88 bits per heavy atom. The van der Waals surface area contributed by atoms with Crippen LogP contribution in [0.5, 0.6) is 0 Å². The van der Waals surface area contributed by atoms with Crippen molar-refractivity contribution in [1.29, 1.82) is 0 Å². The van der Waals surface area contributed by atoms with E-state index in [1.165, 1.54) is 24.3 Å². The van der Waals surface area contributed by atoms with E-state index < -0.39 is 6.04 Å². The molecule has 0 unspecified atom stereocenters. The monoisotopic (exact) mass is 354 g/mol. The third kappa shape index (κ3) is 4.89. The normalized spacial score (nSPS) is 16.4. The molecule has 3 N–H and O–H groups in total. The minimum Gasteiger partial charge on any atom is -0.354 e. The highest BCUT2D eigenvalue weighted by molar-refractivity contribution is 6.08. The summed E-state index contributed by atoms with van der Waals surface area (Å²) in [5.74, 6) is -0.779. The molecule has 0 aliphatic carbocycles. The highest BCUT2D eigenvalue weighted by Gasteiger charge is 2.26. The molecule has 0 bridgehead atoms. The molecule has 0 saturated heterocycles. The molecule has 1 heterocycles. The summed E-state index contributed by atoms with van der Waals surface area (Å²) in [5, 5.41) is 8.26. The van der Waals surface area contributed by atoms with Crippen molar-refractivity contribution in [3.8, 4) is 0 Å². The number of carbonyl (C=O) groups is 2. The van der Waals surface area contributed by atoms with Crippen LogP contribution in [0.4, 0.5) is 10.1 Å². The molecule has 2 aromatic rings. The van der Waals surface area contributed by atoms with Crippen LogP contribution in [-0.2, 0) is 16.0 Å². The fourth-order valence-electron chi connectivity index (χ4n) is 2.57. The molecule has 1 aliphatic rings. The average molecular weight is 354 g/mol. The number of carbonyl (C=O) groups excluding carboxylic acids is 2. The topological polar surface area (TPSA) is 82.6 Å². The zero-order chi connectivity index (χ0) is 18.4. The van der Waals surface area contributed by atoms with Crippen molar-refractivity contribution in [3.63, 3.8) is 0 Å². The fourth-order valence-corrected chi connectivity index (χ4v) is 2.57. The maximum atomic E-state index is 13.0. The average Bonchev–Trinajstić information content (AvgIpc) is 2.64. The third-order valence-corrected chi connectivity index (χ3v) is 3.89. The van der Waals surface area contributed by atoms with Crippen molar-refractivity contribution in [1.82, 2.24) is 10.6 Å². The van der Waals surface area contributed by atoms with Gasteiger partial charge in [-0.1, -0.05) is 30.3 Å². The number of rotatable bonds is 5. The molecule has 7 heteroatoms. The Morgan fingerprint density at radius 1 is 1.15 bits per heavy atom. The Balaban J connectivity index is 1.57. The zero-order valence-corrected chi connectivity index (χ0v) is 14.0. The molecular formula is C19H19FN4O2. The standard InChI is InChI=1S/C19H19FN4O2/c20-14-6-8-15(9-7-14)22-19-23-16(12-17(25)24-19)18(26)21-11-10-13-4-2-1-3-5-13/h1-9,16H,10-12H2,(H,21,26)(H2,22,23,24,25)/t16-/m1/s1. The summed E-state index contributed by atoms with van der Waals surface area (Å²) in [4.78, 5) is 28.4. The number of benzene rings is 2. The number of guanidine groups is 1. The predicted molar refractivity (Wildman–Crippen MR) is 97.2 cm³/mol. The van der Waals surface area contributed by atoms with Crippen molar-refractivity contribution >= 4 is 23.5 Å². The smallest absolute Gasteiger partial charge is 0.245 e. The summed E-state index contributed by atoms with van der Waals surface area (Å²) in [5.41, 5.74) is 1.69. The Labute approximate surface area is 150 Å². The number of aliphatic imine (C=N–C) groups is 1. The summed E-state index contributed by atoms with van der Waals surface area (Å²) < 4.78 is 13.0. The maximum Gasteiger partial charge on any atom is 0.245 e. The summed E-state index contributed by atoms with van der Waals surface area (Å²) in [6, 6.07) is 14.6. The maximum absolute atomic E-state index is 13.0. The molecule has 2 amide bonds. The van der Waals surface area contributed by atoms with E-state index >= 15 is 0 Å². The van der Waals surface area contributed by atoms with Gasteiger partial charge in [0.2, 0.25) is 17.8 Å². The van der Waals surface area contributed by atoms with E-state index in [4.69, 9.17) is 0 Å². The molecule has 3 rings (SSSR count). The summed E-state index contributed by atoms with van der Waals surface area (Å²) >= 11 is 0. The van der Waals surface area contributed by atoms with Gasteiger partial charge in [0.25, 0.3) is 0 Å². The minimum absolute atomic E-state index is 0.00817. The van der Waals surface area contributed by atoms with Gasteiger partial charge in [-0.05, 0) is 36.2 Å².